The van der Waals surface area contributed by atoms with E-state index in [1.54, 1.807) is 0 Å². The molecule has 0 fully saturated rings. The van der Waals surface area contributed by atoms with Gasteiger partial charge in [0.05, 0.1) is 0 Å². The summed E-state index contributed by atoms with van der Waals surface area (Å²) in [6, 6.07) is -1.66. The first-order valence-corrected chi connectivity index (χ1v) is 5.02. The summed E-state index contributed by atoms with van der Waals surface area (Å²) in [7, 11) is 1.50. The normalized spacial score (nSPS) is 11.4. The minimum absolute atomic E-state index is 0.0294. The first kappa shape index (κ1) is 14.9. The van der Waals surface area contributed by atoms with Crippen molar-refractivity contribution >= 4 is 17.9 Å². The molecule has 17 heavy (non-hydrogen) atoms. The lowest BCUT2D eigenvalue weighted by Gasteiger charge is -2.19. The quantitative estimate of drug-likeness (QED) is 0.525. The molecule has 3 amide bonds. The van der Waals surface area contributed by atoms with Crippen LogP contribution in [-0.4, -0.2) is 47.5 Å². The molecule has 0 saturated carbocycles. The molecule has 0 saturated heterocycles. The first-order valence-electron chi connectivity index (χ1n) is 5.02. The maximum Gasteiger partial charge on any atom is 0.326 e. The van der Waals surface area contributed by atoms with E-state index in [0.29, 0.717) is 6.54 Å². The van der Waals surface area contributed by atoms with Crippen molar-refractivity contribution in [2.24, 2.45) is 5.73 Å². The Morgan fingerprint density at radius 3 is 2.53 bits per heavy atom. The van der Waals surface area contributed by atoms with Crippen LogP contribution in [0.15, 0.2) is 12.7 Å². The lowest BCUT2D eigenvalue weighted by molar-refractivity contribution is -0.139. The molecule has 0 spiro atoms. The second kappa shape index (κ2) is 7.26. The number of primary amides is 1. The van der Waals surface area contributed by atoms with Gasteiger partial charge in [-0.05, 0) is 6.42 Å². The van der Waals surface area contributed by atoms with Gasteiger partial charge in [0.1, 0.15) is 6.04 Å². The molecule has 1 atom stereocenters. The molecule has 0 aliphatic rings. The number of rotatable bonds is 7. The number of nitrogens with one attached hydrogen (secondary N) is 1. The van der Waals surface area contributed by atoms with Crippen LogP contribution in [0, 0.1) is 0 Å². The maximum atomic E-state index is 11.5. The highest BCUT2D eigenvalue weighted by Crippen LogP contribution is 1.98. The second-order valence-corrected chi connectivity index (χ2v) is 3.51. The molecule has 0 heterocycles. The number of nitrogens with two attached hydrogens (primary N) is 1. The van der Waals surface area contributed by atoms with Gasteiger partial charge in [-0.1, -0.05) is 6.08 Å². The van der Waals surface area contributed by atoms with E-state index in [4.69, 9.17) is 10.8 Å². The summed E-state index contributed by atoms with van der Waals surface area (Å²) in [4.78, 5) is 34.1. The highest BCUT2D eigenvalue weighted by atomic mass is 16.4. The minimum Gasteiger partial charge on any atom is -0.480 e. The largest absolute Gasteiger partial charge is 0.480 e. The van der Waals surface area contributed by atoms with E-state index >= 15 is 0 Å². The SMILES string of the molecule is C=CCN(C)C(=O)NC(CCC(N)=O)C(=O)O. The van der Waals surface area contributed by atoms with Gasteiger partial charge in [-0.2, -0.15) is 0 Å². The zero-order valence-corrected chi connectivity index (χ0v) is 9.68. The van der Waals surface area contributed by atoms with Crippen LogP contribution in [0.1, 0.15) is 12.8 Å². The summed E-state index contributed by atoms with van der Waals surface area (Å²) in [5.41, 5.74) is 4.91. The van der Waals surface area contributed by atoms with E-state index in [0.717, 1.165) is 0 Å². The van der Waals surface area contributed by atoms with Crippen molar-refractivity contribution in [2.45, 2.75) is 18.9 Å². The maximum absolute atomic E-state index is 11.5. The van der Waals surface area contributed by atoms with Crippen LogP contribution in [0.5, 0.6) is 0 Å². The Hall–Kier alpha value is -2.05. The minimum atomic E-state index is -1.20. The summed E-state index contributed by atoms with van der Waals surface area (Å²) >= 11 is 0. The number of likely N-dealkylation sites (N-methyl/N-ethyl adjacent to an activating group) is 1. The average Bonchev–Trinajstić information content (AvgIpc) is 2.23. The molecule has 0 aromatic heterocycles. The molecule has 0 aromatic rings. The average molecular weight is 243 g/mol. The van der Waals surface area contributed by atoms with Crippen molar-refractivity contribution < 1.29 is 19.5 Å². The number of carbonyl (C=O) groups excluding carboxylic acids is 2. The van der Waals surface area contributed by atoms with E-state index in [-0.39, 0.29) is 12.8 Å². The molecule has 7 nitrogen and oxygen atoms in total. The van der Waals surface area contributed by atoms with Gasteiger partial charge in [-0.3, -0.25) is 4.79 Å². The Morgan fingerprint density at radius 2 is 2.12 bits per heavy atom. The monoisotopic (exact) mass is 243 g/mol. The Balaban J connectivity index is 4.33. The van der Waals surface area contributed by atoms with Crippen LogP contribution in [0.3, 0.4) is 0 Å². The Labute approximate surface area is 99.3 Å². The molecular weight excluding hydrogens is 226 g/mol. The van der Waals surface area contributed by atoms with Crippen molar-refractivity contribution in [1.82, 2.24) is 10.2 Å². The van der Waals surface area contributed by atoms with E-state index < -0.39 is 23.9 Å². The molecule has 96 valence electrons. The molecular formula is C10H17N3O4. The third-order valence-electron chi connectivity index (χ3n) is 2.02. The number of hydrogen-bond acceptors (Lipinski definition) is 3. The van der Waals surface area contributed by atoms with Gasteiger partial charge in [0.25, 0.3) is 0 Å². The third-order valence-corrected chi connectivity index (χ3v) is 2.02. The molecule has 1 unspecified atom stereocenters. The first-order chi connectivity index (χ1) is 7.88. The Bertz CT molecular complexity index is 317. The van der Waals surface area contributed by atoms with Crippen molar-refractivity contribution in [2.75, 3.05) is 13.6 Å². The van der Waals surface area contributed by atoms with Crippen molar-refractivity contribution in [1.29, 1.82) is 0 Å². The number of amides is 3. The third kappa shape index (κ3) is 6.18. The van der Waals surface area contributed by atoms with E-state index in [2.05, 4.69) is 11.9 Å². The van der Waals surface area contributed by atoms with Crippen molar-refractivity contribution in [3.8, 4) is 0 Å². The van der Waals surface area contributed by atoms with Gasteiger partial charge in [-0.15, -0.1) is 6.58 Å². The van der Waals surface area contributed by atoms with Crippen LogP contribution in [0.4, 0.5) is 4.79 Å². The molecule has 4 N–H and O–H groups in total. The number of nitrogens with zero attached hydrogens (tertiary/aromatic N) is 1. The van der Waals surface area contributed by atoms with E-state index in [1.807, 2.05) is 0 Å². The van der Waals surface area contributed by atoms with Gasteiger partial charge in [0.2, 0.25) is 5.91 Å². The van der Waals surface area contributed by atoms with Gasteiger partial charge in [0.15, 0.2) is 0 Å². The van der Waals surface area contributed by atoms with Crippen LogP contribution < -0.4 is 11.1 Å². The standard InChI is InChI=1S/C10H17N3O4/c1-3-6-13(2)10(17)12-7(9(15)16)4-5-8(11)14/h3,7H,1,4-6H2,2H3,(H2,11,14)(H,12,17)(H,15,16). The highest BCUT2D eigenvalue weighted by Gasteiger charge is 2.21. The predicted molar refractivity (Wildman–Crippen MR) is 61.2 cm³/mol. The molecule has 0 bridgehead atoms. The zero-order valence-electron chi connectivity index (χ0n) is 9.68. The Kier molecular flexibility index (Phi) is 6.39. The van der Waals surface area contributed by atoms with Gasteiger partial charge in [0, 0.05) is 20.0 Å². The summed E-state index contributed by atoms with van der Waals surface area (Å²) in [6.45, 7) is 3.76. The highest BCUT2D eigenvalue weighted by molar-refractivity contribution is 5.83. The predicted octanol–water partition coefficient (Wildman–Crippen LogP) is -0.467. The number of carboxylic acid groups (broad SMARTS) is 1. The second-order valence-electron chi connectivity index (χ2n) is 3.51. The fourth-order valence-corrected chi connectivity index (χ4v) is 1.08. The van der Waals surface area contributed by atoms with Crippen LogP contribution in [0.2, 0.25) is 0 Å². The number of hydrogen-bond donors (Lipinski definition) is 3. The molecule has 7 heteroatoms. The molecule has 0 aliphatic heterocycles. The number of urea groups is 1. The fraction of sp³-hybridized carbons (Fsp3) is 0.500. The van der Waals surface area contributed by atoms with E-state index in [9.17, 15) is 14.4 Å². The topological polar surface area (TPSA) is 113 Å². The fourth-order valence-electron chi connectivity index (χ4n) is 1.08. The smallest absolute Gasteiger partial charge is 0.326 e. The molecule has 0 aromatic carbocycles. The van der Waals surface area contributed by atoms with Gasteiger partial charge >= 0.3 is 12.0 Å². The number of carbonyl (C=O) groups is 3. The summed E-state index contributed by atoms with van der Waals surface area (Å²) < 4.78 is 0. The lowest BCUT2D eigenvalue weighted by atomic mass is 10.1. The zero-order chi connectivity index (χ0) is 13.4. The van der Waals surface area contributed by atoms with Gasteiger partial charge in [-0.25, -0.2) is 9.59 Å². The Morgan fingerprint density at radius 1 is 1.53 bits per heavy atom. The lowest BCUT2D eigenvalue weighted by Crippen LogP contribution is -2.47. The van der Waals surface area contributed by atoms with Crippen LogP contribution in [-0.2, 0) is 9.59 Å². The molecule has 0 aliphatic carbocycles. The van der Waals surface area contributed by atoms with Crippen LogP contribution >= 0.6 is 0 Å². The van der Waals surface area contributed by atoms with Gasteiger partial charge < -0.3 is 21.1 Å². The van der Waals surface area contributed by atoms with E-state index in [1.165, 1.54) is 18.0 Å². The summed E-state index contributed by atoms with van der Waals surface area (Å²) in [5, 5.41) is 11.1. The number of aliphatic carboxylic acids is 1. The van der Waals surface area contributed by atoms with Crippen LogP contribution in [0.25, 0.3) is 0 Å². The summed E-state index contributed by atoms with van der Waals surface area (Å²) in [6.07, 6.45) is 1.39. The van der Waals surface area contributed by atoms with Crippen molar-refractivity contribution in [3.63, 3.8) is 0 Å². The molecule has 0 rings (SSSR count). The van der Waals surface area contributed by atoms with Crippen molar-refractivity contribution in [3.05, 3.63) is 12.7 Å². The number of carboxylic acids is 1. The molecule has 0 radical (unpaired) electrons. The summed E-state index contributed by atoms with van der Waals surface area (Å²) in [5.74, 6) is -1.81.